The summed E-state index contributed by atoms with van der Waals surface area (Å²) in [6, 6.07) is 7.19. The van der Waals surface area contributed by atoms with E-state index in [1.807, 2.05) is 33.8 Å². The van der Waals surface area contributed by atoms with Crippen molar-refractivity contribution >= 4 is 17.6 Å². The van der Waals surface area contributed by atoms with Gasteiger partial charge in [0.2, 0.25) is 5.91 Å². The van der Waals surface area contributed by atoms with Crippen molar-refractivity contribution in [3.63, 3.8) is 0 Å². The Morgan fingerprint density at radius 2 is 1.77 bits per heavy atom. The second-order valence-corrected chi connectivity index (χ2v) is 8.81. The van der Waals surface area contributed by atoms with Crippen molar-refractivity contribution in [1.82, 2.24) is 25.2 Å². The fraction of sp³-hybridized carbons (Fsp3) is 0.500. The highest BCUT2D eigenvalue weighted by Gasteiger charge is 2.34. The predicted molar refractivity (Wildman–Crippen MR) is 112 cm³/mol. The maximum absolute atomic E-state index is 13.4. The molecule has 0 aliphatic carbocycles. The lowest BCUT2D eigenvalue weighted by Crippen LogP contribution is -2.50. The lowest BCUT2D eigenvalue weighted by molar-refractivity contribution is -0.131. The van der Waals surface area contributed by atoms with Crippen LogP contribution in [0, 0.1) is 11.3 Å². The zero-order valence-electron chi connectivity index (χ0n) is 18.0. The van der Waals surface area contributed by atoms with Gasteiger partial charge in [-0.3, -0.25) is 14.4 Å². The number of carbonyl (C=O) groups is 3. The first kappa shape index (κ1) is 21.7. The Morgan fingerprint density at radius 3 is 2.43 bits per heavy atom. The molecule has 2 aromatic rings. The third-order valence-corrected chi connectivity index (χ3v) is 5.54. The third kappa shape index (κ3) is 4.75. The fourth-order valence-corrected chi connectivity index (χ4v) is 3.50. The maximum Gasteiger partial charge on any atom is 0.256 e. The highest BCUT2D eigenvalue weighted by atomic mass is 16.2. The molecule has 1 saturated heterocycles. The van der Waals surface area contributed by atoms with Gasteiger partial charge in [0.15, 0.2) is 5.78 Å². The average molecular weight is 412 g/mol. The van der Waals surface area contributed by atoms with Crippen LogP contribution in [0.25, 0.3) is 5.69 Å². The minimum absolute atomic E-state index is 0.0101. The van der Waals surface area contributed by atoms with Gasteiger partial charge in [0.05, 0.1) is 36.1 Å². The molecule has 0 unspecified atom stereocenters. The first-order chi connectivity index (χ1) is 14.2. The Kier molecular flexibility index (Phi) is 6.34. The van der Waals surface area contributed by atoms with Crippen molar-refractivity contribution < 1.29 is 14.4 Å². The summed E-state index contributed by atoms with van der Waals surface area (Å²) in [5.41, 5.74) is 0.590. The molecular formula is C22H29N5O3. The quantitative estimate of drug-likeness (QED) is 0.814. The van der Waals surface area contributed by atoms with Gasteiger partial charge in [-0.15, -0.1) is 0 Å². The highest BCUT2D eigenvalue weighted by molar-refractivity contribution is 5.98. The van der Waals surface area contributed by atoms with E-state index < -0.39 is 5.41 Å². The van der Waals surface area contributed by atoms with Crippen LogP contribution in [0.5, 0.6) is 0 Å². The molecule has 30 heavy (non-hydrogen) atoms. The first-order valence-electron chi connectivity index (χ1n) is 10.3. The molecule has 0 bridgehead atoms. The number of rotatable bonds is 5. The van der Waals surface area contributed by atoms with Gasteiger partial charge >= 0.3 is 0 Å². The van der Waals surface area contributed by atoms with Crippen LogP contribution in [0.1, 0.15) is 50.9 Å². The lowest BCUT2D eigenvalue weighted by atomic mass is 9.90. The molecule has 8 nitrogen and oxygen atoms in total. The van der Waals surface area contributed by atoms with Crippen LogP contribution in [0.2, 0.25) is 0 Å². The minimum atomic E-state index is -0.499. The van der Waals surface area contributed by atoms with Gasteiger partial charge in [-0.2, -0.15) is 15.0 Å². The number of ketones is 1. The van der Waals surface area contributed by atoms with E-state index in [4.69, 9.17) is 0 Å². The molecule has 1 aliphatic heterocycles. The van der Waals surface area contributed by atoms with Crippen LogP contribution >= 0.6 is 0 Å². The minimum Gasteiger partial charge on any atom is -0.349 e. The molecule has 0 saturated carbocycles. The average Bonchev–Trinajstić information content (AvgIpc) is 3.25. The number of hydrogen-bond acceptors (Lipinski definition) is 5. The molecule has 1 aromatic heterocycles. The van der Waals surface area contributed by atoms with Gasteiger partial charge in [0.1, 0.15) is 0 Å². The number of nitrogens with zero attached hydrogens (tertiary/aromatic N) is 4. The molecular weight excluding hydrogens is 382 g/mol. The van der Waals surface area contributed by atoms with Crippen molar-refractivity contribution in [2.24, 2.45) is 11.3 Å². The van der Waals surface area contributed by atoms with E-state index in [0.29, 0.717) is 24.2 Å². The zero-order valence-corrected chi connectivity index (χ0v) is 18.0. The van der Waals surface area contributed by atoms with Gasteiger partial charge in [-0.1, -0.05) is 32.9 Å². The summed E-state index contributed by atoms with van der Waals surface area (Å²) in [5, 5.41) is 11.0. The monoisotopic (exact) mass is 411 g/mol. The summed E-state index contributed by atoms with van der Waals surface area (Å²) in [4.78, 5) is 41.3. The van der Waals surface area contributed by atoms with Crippen LogP contribution in [-0.2, 0) is 9.59 Å². The highest BCUT2D eigenvalue weighted by Crippen LogP contribution is 2.26. The Morgan fingerprint density at radius 1 is 1.10 bits per heavy atom. The van der Waals surface area contributed by atoms with E-state index in [-0.39, 0.29) is 36.1 Å². The van der Waals surface area contributed by atoms with E-state index >= 15 is 0 Å². The van der Waals surface area contributed by atoms with E-state index in [1.54, 1.807) is 35.5 Å². The molecule has 0 spiro atoms. The normalized spacial score (nSPS) is 19.4. The molecule has 160 valence electrons. The fourth-order valence-electron chi connectivity index (χ4n) is 3.50. The van der Waals surface area contributed by atoms with E-state index in [9.17, 15) is 14.4 Å². The van der Waals surface area contributed by atoms with Crippen LogP contribution in [0.3, 0.4) is 0 Å². The molecule has 0 radical (unpaired) electrons. The number of Topliss-reactive ketones (excluding diaryl/α,β-unsaturated/α-hetero) is 1. The SMILES string of the molecule is C[C@@H]1CC[C@@H](C(=O)NCC(=O)C(C)(C)C)CN1C(=O)c1ccccc1-n1nccn1. The standard InChI is InChI=1S/C22H29N5O3/c1-15-9-10-16(20(29)23-13-19(28)22(2,3)4)14-26(15)21(30)17-7-5-6-8-18(17)27-24-11-12-25-27/h5-8,11-12,15-16H,9-10,13-14H2,1-4H3,(H,23,29)/t15-,16-/m1/s1. The molecule has 3 rings (SSSR count). The number of aromatic nitrogens is 3. The smallest absolute Gasteiger partial charge is 0.256 e. The van der Waals surface area contributed by atoms with Crippen molar-refractivity contribution in [2.45, 2.75) is 46.6 Å². The zero-order chi connectivity index (χ0) is 21.9. The molecule has 2 amide bonds. The molecule has 1 fully saturated rings. The predicted octanol–water partition coefficient (Wildman–Crippen LogP) is 2.24. The Bertz CT molecular complexity index is 917. The molecule has 1 aliphatic rings. The number of likely N-dealkylation sites (tertiary alicyclic amines) is 1. The third-order valence-electron chi connectivity index (χ3n) is 5.54. The topological polar surface area (TPSA) is 97.2 Å². The number of piperidine rings is 1. The second kappa shape index (κ2) is 8.77. The van der Waals surface area contributed by atoms with Crippen LogP contribution < -0.4 is 5.32 Å². The van der Waals surface area contributed by atoms with E-state index in [2.05, 4.69) is 15.5 Å². The first-order valence-corrected chi connectivity index (χ1v) is 10.3. The van der Waals surface area contributed by atoms with Crippen molar-refractivity contribution in [1.29, 1.82) is 0 Å². The Hall–Kier alpha value is -3.03. The number of benzene rings is 1. The van der Waals surface area contributed by atoms with Gasteiger partial charge < -0.3 is 10.2 Å². The maximum atomic E-state index is 13.4. The number of carbonyl (C=O) groups excluding carboxylic acids is 3. The molecule has 2 atom stereocenters. The second-order valence-electron chi connectivity index (χ2n) is 8.81. The van der Waals surface area contributed by atoms with Crippen LogP contribution in [0.15, 0.2) is 36.7 Å². The summed E-state index contributed by atoms with van der Waals surface area (Å²) in [6.07, 6.45) is 4.52. The van der Waals surface area contributed by atoms with Crippen molar-refractivity contribution in [2.75, 3.05) is 13.1 Å². The Labute approximate surface area is 176 Å². The van der Waals surface area contributed by atoms with E-state index in [0.717, 1.165) is 6.42 Å². The van der Waals surface area contributed by atoms with Crippen molar-refractivity contribution in [3.05, 3.63) is 42.2 Å². The van der Waals surface area contributed by atoms with Crippen molar-refractivity contribution in [3.8, 4) is 5.69 Å². The number of para-hydroxylation sites is 1. The molecule has 2 heterocycles. The number of hydrogen-bond donors (Lipinski definition) is 1. The van der Waals surface area contributed by atoms with E-state index in [1.165, 1.54) is 4.80 Å². The summed E-state index contributed by atoms with van der Waals surface area (Å²) in [7, 11) is 0. The summed E-state index contributed by atoms with van der Waals surface area (Å²) < 4.78 is 0. The van der Waals surface area contributed by atoms with Crippen LogP contribution in [0.4, 0.5) is 0 Å². The summed E-state index contributed by atoms with van der Waals surface area (Å²) in [6.45, 7) is 7.80. The molecule has 1 aromatic carbocycles. The van der Waals surface area contributed by atoms with Gasteiger partial charge in [0.25, 0.3) is 5.91 Å². The van der Waals surface area contributed by atoms with Crippen LogP contribution in [-0.4, -0.2) is 56.6 Å². The number of amides is 2. The number of nitrogens with one attached hydrogen (secondary N) is 1. The van der Waals surface area contributed by atoms with Gasteiger partial charge in [0, 0.05) is 18.0 Å². The van der Waals surface area contributed by atoms with Gasteiger partial charge in [-0.25, -0.2) is 0 Å². The summed E-state index contributed by atoms with van der Waals surface area (Å²) >= 11 is 0. The summed E-state index contributed by atoms with van der Waals surface area (Å²) in [5.74, 6) is -0.695. The lowest BCUT2D eigenvalue weighted by Gasteiger charge is -2.37. The Balaban J connectivity index is 1.73. The molecule has 1 N–H and O–H groups in total. The largest absolute Gasteiger partial charge is 0.349 e. The van der Waals surface area contributed by atoms with Gasteiger partial charge in [-0.05, 0) is 31.9 Å². The molecule has 8 heteroatoms.